The third-order valence-electron chi connectivity index (χ3n) is 1.49. The summed E-state index contributed by atoms with van der Waals surface area (Å²) in [6.07, 6.45) is 1.10. The molecule has 0 nitrogen and oxygen atoms in total. The minimum absolute atomic E-state index is 0. The van der Waals surface area contributed by atoms with Gasteiger partial charge in [-0.1, -0.05) is 34.6 Å². The number of hydrogen-bond donors (Lipinski definition) is 0. The van der Waals surface area contributed by atoms with Crippen molar-refractivity contribution in [2.45, 2.75) is 61.8 Å². The Morgan fingerprint density at radius 2 is 1.50 bits per heavy atom. The van der Waals surface area contributed by atoms with Gasteiger partial charge in [0.25, 0.3) is 0 Å². The van der Waals surface area contributed by atoms with Gasteiger partial charge in [-0.05, 0) is 11.8 Å². The second-order valence-electron chi connectivity index (χ2n) is 5.63. The van der Waals surface area contributed by atoms with E-state index in [1.165, 1.54) is 11.5 Å². The van der Waals surface area contributed by atoms with Gasteiger partial charge in [-0.3, -0.25) is 0 Å². The van der Waals surface area contributed by atoms with E-state index in [2.05, 4.69) is 59.7 Å². The molecule has 0 aliphatic heterocycles. The summed E-state index contributed by atoms with van der Waals surface area (Å²) in [4.78, 5) is 0. The van der Waals surface area contributed by atoms with Crippen molar-refractivity contribution in [1.82, 2.24) is 0 Å². The van der Waals surface area contributed by atoms with Crippen LogP contribution in [0.1, 0.15) is 61.0 Å². The summed E-state index contributed by atoms with van der Waals surface area (Å²) in [5.41, 5.74) is 1.68. The molecular weight excluding hydrogens is 293 g/mol. The van der Waals surface area contributed by atoms with Crippen LogP contribution in [0.3, 0.4) is 0 Å². The number of hydrogen-bond acceptors (Lipinski definition) is 0. The quantitative estimate of drug-likeness (QED) is 0.580. The van der Waals surface area contributed by atoms with E-state index in [1.54, 1.807) is 0 Å². The first-order valence-corrected chi connectivity index (χ1v) is 6.53. The Balaban J connectivity index is -0.000000277. The molecule has 1 heteroatoms. The van der Waals surface area contributed by atoms with Crippen LogP contribution < -0.4 is 0 Å². The molecule has 0 aliphatic carbocycles. The van der Waals surface area contributed by atoms with Gasteiger partial charge in [0.05, 0.1) is 0 Å². The van der Waals surface area contributed by atoms with E-state index in [9.17, 15) is 0 Å². The first kappa shape index (κ1) is 23.4. The summed E-state index contributed by atoms with van der Waals surface area (Å²) in [5.74, 6) is 1.42. The van der Waals surface area contributed by atoms with Crippen molar-refractivity contribution in [3.05, 3.63) is 41.8 Å². The Morgan fingerprint density at radius 3 is 1.78 bits per heavy atom. The van der Waals surface area contributed by atoms with E-state index < -0.39 is 0 Å². The Kier molecular flexibility index (Phi) is 17.9. The van der Waals surface area contributed by atoms with E-state index in [1.807, 2.05) is 26.0 Å². The molecule has 103 valence electrons. The van der Waals surface area contributed by atoms with E-state index in [-0.39, 0.29) is 32.7 Å². The summed E-state index contributed by atoms with van der Waals surface area (Å²) in [5, 5.41) is 0. The van der Waals surface area contributed by atoms with Crippen molar-refractivity contribution in [3.63, 3.8) is 0 Å². The molecule has 0 N–H and O–H groups in total. The molecule has 0 heterocycles. The molecule has 0 amide bonds. The predicted octanol–water partition coefficient (Wildman–Crippen LogP) is 5.72. The zero-order chi connectivity index (χ0) is 13.9. The number of rotatable bonds is 1. The third kappa shape index (κ3) is 21.6. The van der Waals surface area contributed by atoms with Gasteiger partial charge in [0.15, 0.2) is 0 Å². The van der Waals surface area contributed by atoms with Crippen LogP contribution in [0.5, 0.6) is 0 Å². The van der Waals surface area contributed by atoms with Crippen LogP contribution >= 0.6 is 0 Å². The topological polar surface area (TPSA) is 0 Å². The molecule has 0 atom stereocenters. The van der Waals surface area contributed by atoms with Crippen LogP contribution in [0, 0.1) is 17.4 Å². The molecule has 1 aromatic carbocycles. The number of benzene rings is 1. The fourth-order valence-corrected chi connectivity index (χ4v) is 1.11. The molecule has 0 aliphatic rings. The maximum atomic E-state index is 3.22. The van der Waals surface area contributed by atoms with Crippen molar-refractivity contribution in [1.29, 1.82) is 0 Å². The van der Waals surface area contributed by atoms with Crippen molar-refractivity contribution >= 4 is 0 Å². The Labute approximate surface area is 141 Å². The Morgan fingerprint density at radius 1 is 1.06 bits per heavy atom. The molecule has 0 saturated heterocycles. The zero-order valence-electron chi connectivity index (χ0n) is 13.6. The maximum absolute atomic E-state index is 3.22. The summed E-state index contributed by atoms with van der Waals surface area (Å²) < 4.78 is 0. The fourth-order valence-electron chi connectivity index (χ4n) is 1.11. The SMILES string of the molecule is CC.CC(C)(C)Cc1[c-]cccc1.C[C-](C)C.[Y]. The van der Waals surface area contributed by atoms with Crippen molar-refractivity contribution in [2.24, 2.45) is 5.41 Å². The van der Waals surface area contributed by atoms with Gasteiger partial charge < -0.3 is 5.92 Å². The largest absolute Gasteiger partial charge is 0.323 e. The molecule has 0 bridgehead atoms. The summed E-state index contributed by atoms with van der Waals surface area (Å²) in [6.45, 7) is 17.0. The van der Waals surface area contributed by atoms with Crippen molar-refractivity contribution in [3.8, 4) is 0 Å². The second kappa shape index (κ2) is 13.7. The molecule has 0 aromatic heterocycles. The van der Waals surface area contributed by atoms with Gasteiger partial charge in [-0.25, -0.2) is 0 Å². The average molecular weight is 323 g/mol. The standard InChI is InChI=1S/C11H15.C4H9.C2H6.Y/c1-11(2,3)9-10-7-5-4-6-8-10;1-4(2)3;1-2;/h4-7H,9H2,1-3H3;1-3H3;1-2H3;/q2*-1;;. The minimum Gasteiger partial charge on any atom is -0.323 e. The van der Waals surface area contributed by atoms with Crippen molar-refractivity contribution in [2.75, 3.05) is 0 Å². The van der Waals surface area contributed by atoms with E-state index in [4.69, 9.17) is 0 Å². The molecule has 0 unspecified atom stereocenters. The first-order valence-electron chi connectivity index (χ1n) is 6.53. The minimum atomic E-state index is 0. The molecule has 1 aromatic rings. The fraction of sp³-hybridized carbons (Fsp3) is 0.588. The van der Waals surface area contributed by atoms with Gasteiger partial charge in [0.1, 0.15) is 0 Å². The molecular formula is C17H30Y-2. The molecule has 0 spiro atoms. The van der Waals surface area contributed by atoms with E-state index >= 15 is 0 Å². The smallest absolute Gasteiger partial charge is 0 e. The monoisotopic (exact) mass is 323 g/mol. The van der Waals surface area contributed by atoms with Crippen LogP contribution in [-0.2, 0) is 39.1 Å². The third-order valence-corrected chi connectivity index (χ3v) is 1.49. The average Bonchev–Trinajstić information content (AvgIpc) is 2.19. The molecule has 1 rings (SSSR count). The van der Waals surface area contributed by atoms with Gasteiger partial charge in [-0.15, -0.1) is 0 Å². The summed E-state index contributed by atoms with van der Waals surface area (Å²) in [7, 11) is 0. The normalized spacial score (nSPS) is 9.39. The first-order chi connectivity index (χ1) is 7.81. The van der Waals surface area contributed by atoms with Gasteiger partial charge in [-0.2, -0.15) is 56.7 Å². The molecule has 1 radical (unpaired) electrons. The van der Waals surface area contributed by atoms with Crippen molar-refractivity contribution < 1.29 is 32.7 Å². The molecule has 0 fully saturated rings. The summed E-state index contributed by atoms with van der Waals surface area (Å²) in [6, 6.07) is 11.4. The molecule has 18 heavy (non-hydrogen) atoms. The van der Waals surface area contributed by atoms with E-state index in [0.29, 0.717) is 5.41 Å². The van der Waals surface area contributed by atoms with Crippen LogP contribution in [-0.4, -0.2) is 0 Å². The van der Waals surface area contributed by atoms with Crippen LogP contribution in [0.2, 0.25) is 0 Å². The van der Waals surface area contributed by atoms with Gasteiger partial charge in [0.2, 0.25) is 0 Å². The zero-order valence-corrected chi connectivity index (χ0v) is 16.4. The van der Waals surface area contributed by atoms with Gasteiger partial charge >= 0.3 is 0 Å². The Bertz CT molecular complexity index is 241. The van der Waals surface area contributed by atoms with E-state index in [0.717, 1.165) is 6.42 Å². The second-order valence-corrected chi connectivity index (χ2v) is 5.63. The maximum Gasteiger partial charge on any atom is 0 e. The van der Waals surface area contributed by atoms with Crippen LogP contribution in [0.25, 0.3) is 0 Å². The molecule has 0 saturated carbocycles. The summed E-state index contributed by atoms with van der Waals surface area (Å²) >= 11 is 0. The predicted molar refractivity (Wildman–Crippen MR) is 80.1 cm³/mol. The van der Waals surface area contributed by atoms with Crippen LogP contribution in [0.15, 0.2) is 24.3 Å². The Hall–Kier alpha value is 0.324. The van der Waals surface area contributed by atoms with Gasteiger partial charge in [0, 0.05) is 32.7 Å². The van der Waals surface area contributed by atoms with Crippen LogP contribution in [0.4, 0.5) is 0 Å².